The Balaban J connectivity index is 1.33. The van der Waals surface area contributed by atoms with Crippen LogP contribution in [0.1, 0.15) is 18.4 Å². The maximum absolute atomic E-state index is 13.7. The molecule has 0 aliphatic carbocycles. The molecule has 1 N–H and O–H groups in total. The summed E-state index contributed by atoms with van der Waals surface area (Å²) >= 11 is 0. The smallest absolute Gasteiger partial charge is 0.223 e. The largest absolute Gasteiger partial charge is 0.356 e. The number of aromatic nitrogens is 5. The highest BCUT2D eigenvalue weighted by molar-refractivity contribution is 5.79. The van der Waals surface area contributed by atoms with Crippen molar-refractivity contribution in [2.24, 2.45) is 5.92 Å². The van der Waals surface area contributed by atoms with Gasteiger partial charge in [-0.25, -0.2) is 28.4 Å². The number of nitrogens with zero attached hydrogens (tertiary/aromatic N) is 6. The summed E-state index contributed by atoms with van der Waals surface area (Å²) in [4.78, 5) is 26.9. The van der Waals surface area contributed by atoms with Gasteiger partial charge in [-0.15, -0.1) is 0 Å². The lowest BCUT2D eigenvalue weighted by molar-refractivity contribution is -0.125. The molecule has 8 nitrogen and oxygen atoms in total. The first-order chi connectivity index (χ1) is 14.1. The molecule has 150 valence electrons. The summed E-state index contributed by atoms with van der Waals surface area (Å²) in [6, 6.07) is 5.47. The quantitative estimate of drug-likeness (QED) is 0.705. The van der Waals surface area contributed by atoms with Crippen molar-refractivity contribution < 1.29 is 13.6 Å². The Labute approximate surface area is 165 Å². The van der Waals surface area contributed by atoms with Crippen LogP contribution in [-0.2, 0) is 11.3 Å². The van der Waals surface area contributed by atoms with E-state index in [0.717, 1.165) is 5.82 Å². The second-order valence-corrected chi connectivity index (χ2v) is 6.75. The van der Waals surface area contributed by atoms with Crippen molar-refractivity contribution in [2.45, 2.75) is 19.4 Å². The van der Waals surface area contributed by atoms with E-state index in [-0.39, 0.29) is 23.9 Å². The fraction of sp³-hybridized carbons (Fsp3) is 0.316. The Kier molecular flexibility index (Phi) is 5.41. The van der Waals surface area contributed by atoms with Gasteiger partial charge in [0.2, 0.25) is 5.91 Å². The van der Waals surface area contributed by atoms with Crippen molar-refractivity contribution in [1.82, 2.24) is 30.0 Å². The number of carbonyl (C=O) groups excluding carboxylic acids is 1. The Hall–Kier alpha value is -3.43. The van der Waals surface area contributed by atoms with Gasteiger partial charge in [0.25, 0.3) is 0 Å². The molecule has 0 saturated carbocycles. The van der Waals surface area contributed by atoms with Crippen LogP contribution < -0.4 is 10.2 Å². The lowest BCUT2D eigenvalue weighted by Gasteiger charge is -2.32. The molecule has 1 saturated heterocycles. The van der Waals surface area contributed by atoms with Crippen LogP contribution in [0, 0.1) is 17.6 Å². The summed E-state index contributed by atoms with van der Waals surface area (Å²) in [5, 5.41) is 6.71. The number of amides is 1. The highest BCUT2D eigenvalue weighted by atomic mass is 19.1. The van der Waals surface area contributed by atoms with E-state index >= 15 is 0 Å². The van der Waals surface area contributed by atoms with E-state index in [9.17, 15) is 13.6 Å². The first-order valence-electron chi connectivity index (χ1n) is 9.24. The summed E-state index contributed by atoms with van der Waals surface area (Å²) in [6.45, 7) is 1.12. The minimum atomic E-state index is -0.660. The molecule has 0 atom stereocenters. The van der Waals surface area contributed by atoms with Crippen LogP contribution in [-0.4, -0.2) is 43.7 Å². The molecule has 1 aromatic carbocycles. The maximum atomic E-state index is 13.7. The number of carbonyl (C=O) groups is 1. The monoisotopic (exact) mass is 399 g/mol. The van der Waals surface area contributed by atoms with Crippen LogP contribution in [0.2, 0.25) is 0 Å². The third kappa shape index (κ3) is 4.20. The summed E-state index contributed by atoms with van der Waals surface area (Å²) in [5.41, 5.74) is -0.125. The third-order valence-electron chi connectivity index (χ3n) is 4.98. The van der Waals surface area contributed by atoms with Crippen molar-refractivity contribution in [2.75, 3.05) is 18.0 Å². The van der Waals surface area contributed by atoms with Gasteiger partial charge in [0, 0.05) is 37.2 Å². The number of hydrogen-bond acceptors (Lipinski definition) is 6. The van der Waals surface area contributed by atoms with E-state index in [4.69, 9.17) is 0 Å². The zero-order chi connectivity index (χ0) is 20.2. The van der Waals surface area contributed by atoms with E-state index in [1.807, 2.05) is 6.07 Å². The third-order valence-corrected chi connectivity index (χ3v) is 4.98. The van der Waals surface area contributed by atoms with Crippen LogP contribution in [0.25, 0.3) is 5.82 Å². The van der Waals surface area contributed by atoms with Crippen molar-refractivity contribution >= 4 is 11.7 Å². The molecule has 0 unspecified atom stereocenters. The summed E-state index contributed by atoms with van der Waals surface area (Å²) in [5.74, 6) is -0.368. The highest BCUT2D eigenvalue weighted by Crippen LogP contribution is 2.23. The lowest BCUT2D eigenvalue weighted by atomic mass is 9.96. The number of rotatable bonds is 5. The molecule has 10 heteroatoms. The minimum Gasteiger partial charge on any atom is -0.356 e. The molecular formula is C19H19F2N7O. The summed E-state index contributed by atoms with van der Waals surface area (Å²) < 4.78 is 28.9. The molecular weight excluding hydrogens is 380 g/mol. The second-order valence-electron chi connectivity index (χ2n) is 6.75. The highest BCUT2D eigenvalue weighted by Gasteiger charge is 2.26. The Bertz CT molecular complexity index is 968. The van der Waals surface area contributed by atoms with Gasteiger partial charge in [0.05, 0.1) is 0 Å². The van der Waals surface area contributed by atoms with Crippen molar-refractivity contribution in [1.29, 1.82) is 0 Å². The summed E-state index contributed by atoms with van der Waals surface area (Å²) in [6.07, 6.45) is 5.69. The minimum absolute atomic E-state index is 0.125. The number of piperidine rings is 1. The molecule has 1 aliphatic rings. The van der Waals surface area contributed by atoms with Gasteiger partial charge in [0.15, 0.2) is 5.82 Å². The van der Waals surface area contributed by atoms with Gasteiger partial charge >= 0.3 is 0 Å². The SMILES string of the molecule is O=C(NCc1c(F)cccc1F)C1CCN(c2cc(-n3cncn3)ncn2)CC1. The molecule has 1 aliphatic heterocycles. The van der Waals surface area contributed by atoms with Gasteiger partial charge in [-0.2, -0.15) is 5.10 Å². The van der Waals surface area contributed by atoms with Gasteiger partial charge in [-0.1, -0.05) is 6.07 Å². The van der Waals surface area contributed by atoms with Crippen molar-refractivity contribution in [3.8, 4) is 5.82 Å². The molecule has 4 rings (SSSR count). The zero-order valence-electron chi connectivity index (χ0n) is 15.5. The van der Waals surface area contributed by atoms with Gasteiger partial charge in [0.1, 0.15) is 36.4 Å². The van der Waals surface area contributed by atoms with Gasteiger partial charge < -0.3 is 10.2 Å². The molecule has 2 aromatic heterocycles. The zero-order valence-corrected chi connectivity index (χ0v) is 15.5. The number of benzene rings is 1. The van der Waals surface area contributed by atoms with Gasteiger partial charge in [-0.05, 0) is 25.0 Å². The average molecular weight is 399 g/mol. The lowest BCUT2D eigenvalue weighted by Crippen LogP contribution is -2.40. The van der Waals surface area contributed by atoms with E-state index < -0.39 is 11.6 Å². The molecule has 0 radical (unpaired) electrons. The van der Waals surface area contributed by atoms with Crippen molar-refractivity contribution in [3.63, 3.8) is 0 Å². The number of hydrogen-bond donors (Lipinski definition) is 1. The molecule has 3 heterocycles. The molecule has 1 fully saturated rings. The van der Waals surface area contributed by atoms with E-state index in [0.29, 0.717) is 31.7 Å². The average Bonchev–Trinajstić information content (AvgIpc) is 3.28. The van der Waals surface area contributed by atoms with Gasteiger partial charge in [-0.3, -0.25) is 4.79 Å². The normalized spacial score (nSPS) is 14.8. The number of nitrogens with one attached hydrogen (secondary N) is 1. The molecule has 1 amide bonds. The topological polar surface area (TPSA) is 88.8 Å². The van der Waals surface area contributed by atoms with Crippen LogP contribution in [0.3, 0.4) is 0 Å². The van der Waals surface area contributed by atoms with Crippen molar-refractivity contribution in [3.05, 3.63) is 60.4 Å². The van der Waals surface area contributed by atoms with E-state index in [1.54, 1.807) is 11.0 Å². The standard InChI is InChI=1S/C19H19F2N7O/c20-15-2-1-3-16(21)14(15)9-23-19(29)13-4-6-27(7-5-13)17-8-18(25-11-24-17)28-12-22-10-26-28/h1-3,8,10-13H,4-7,9H2,(H,23,29). The Morgan fingerprint density at radius 3 is 2.52 bits per heavy atom. The van der Waals surface area contributed by atoms with Crippen LogP contribution in [0.15, 0.2) is 43.2 Å². The Morgan fingerprint density at radius 1 is 1.10 bits per heavy atom. The summed E-state index contributed by atoms with van der Waals surface area (Å²) in [7, 11) is 0. The fourth-order valence-corrected chi connectivity index (χ4v) is 3.35. The first kappa shape index (κ1) is 18.9. The number of halogens is 2. The fourth-order valence-electron chi connectivity index (χ4n) is 3.35. The predicted molar refractivity (Wildman–Crippen MR) is 100 cm³/mol. The Morgan fingerprint density at radius 2 is 1.83 bits per heavy atom. The van der Waals surface area contributed by atoms with Crippen LogP contribution in [0.4, 0.5) is 14.6 Å². The molecule has 0 bridgehead atoms. The van der Waals surface area contributed by atoms with E-state index in [2.05, 4.69) is 30.3 Å². The van der Waals surface area contributed by atoms with Crippen LogP contribution in [0.5, 0.6) is 0 Å². The maximum Gasteiger partial charge on any atom is 0.223 e. The predicted octanol–water partition coefficient (Wildman–Crippen LogP) is 1.87. The molecule has 3 aromatic rings. The molecule has 29 heavy (non-hydrogen) atoms. The number of anilines is 1. The van der Waals surface area contributed by atoms with Crippen LogP contribution >= 0.6 is 0 Å². The first-order valence-corrected chi connectivity index (χ1v) is 9.24. The second kappa shape index (κ2) is 8.29. The van der Waals surface area contributed by atoms with E-state index in [1.165, 1.54) is 30.9 Å². The molecule has 0 spiro atoms.